The van der Waals surface area contributed by atoms with E-state index in [-0.39, 0.29) is 5.75 Å². The Bertz CT molecular complexity index is 532. The van der Waals surface area contributed by atoms with Crippen LogP contribution in [-0.2, 0) is 16.8 Å². The SMILES string of the molecule is [CH2]c1ccc(Oc2ccc(CS(=O)O)cc2)cc1. The van der Waals surface area contributed by atoms with Crippen LogP contribution in [0.25, 0.3) is 0 Å². The number of ether oxygens (including phenoxy) is 1. The Labute approximate surface area is 109 Å². The minimum Gasteiger partial charge on any atom is -0.457 e. The molecule has 0 aliphatic rings. The Morgan fingerprint density at radius 3 is 2.00 bits per heavy atom. The van der Waals surface area contributed by atoms with Crippen molar-refractivity contribution in [1.82, 2.24) is 0 Å². The summed E-state index contributed by atoms with van der Waals surface area (Å²) >= 11 is -1.81. The maximum Gasteiger partial charge on any atom is 0.157 e. The highest BCUT2D eigenvalue weighted by Crippen LogP contribution is 2.22. The molecule has 0 bridgehead atoms. The molecule has 1 N–H and O–H groups in total. The molecule has 0 spiro atoms. The molecule has 18 heavy (non-hydrogen) atoms. The van der Waals surface area contributed by atoms with Crippen molar-refractivity contribution in [3.8, 4) is 11.5 Å². The van der Waals surface area contributed by atoms with Gasteiger partial charge in [-0.15, -0.1) is 0 Å². The molecule has 0 heterocycles. The molecule has 2 aromatic rings. The molecule has 93 valence electrons. The van der Waals surface area contributed by atoms with Crippen LogP contribution in [0, 0.1) is 6.92 Å². The zero-order chi connectivity index (χ0) is 13.0. The van der Waals surface area contributed by atoms with E-state index in [9.17, 15) is 4.21 Å². The van der Waals surface area contributed by atoms with Crippen LogP contribution in [0.2, 0.25) is 0 Å². The second kappa shape index (κ2) is 5.80. The average Bonchev–Trinajstić information content (AvgIpc) is 2.34. The molecule has 0 aliphatic carbocycles. The number of benzene rings is 2. The van der Waals surface area contributed by atoms with E-state index in [0.29, 0.717) is 5.75 Å². The van der Waals surface area contributed by atoms with E-state index in [2.05, 4.69) is 6.92 Å². The molecule has 0 amide bonds. The Morgan fingerprint density at radius 2 is 1.50 bits per heavy atom. The first-order valence-corrected chi connectivity index (χ1v) is 6.67. The van der Waals surface area contributed by atoms with E-state index < -0.39 is 11.1 Å². The second-order valence-electron chi connectivity index (χ2n) is 3.86. The summed E-state index contributed by atoms with van der Waals surface area (Å²) in [6.45, 7) is 3.80. The lowest BCUT2D eigenvalue weighted by atomic mass is 10.2. The van der Waals surface area contributed by atoms with Crippen LogP contribution in [0.4, 0.5) is 0 Å². The van der Waals surface area contributed by atoms with Crippen LogP contribution in [0.5, 0.6) is 11.5 Å². The minimum atomic E-state index is -1.81. The van der Waals surface area contributed by atoms with Crippen molar-refractivity contribution in [2.24, 2.45) is 0 Å². The van der Waals surface area contributed by atoms with Gasteiger partial charge in [-0.2, -0.15) is 0 Å². The quantitative estimate of drug-likeness (QED) is 0.858. The molecule has 3 nitrogen and oxygen atoms in total. The molecule has 0 aliphatic heterocycles. The molecular weight excluding hydrogens is 248 g/mol. The fourth-order valence-corrected chi connectivity index (χ4v) is 1.97. The van der Waals surface area contributed by atoms with Gasteiger partial charge in [-0.05, 0) is 42.3 Å². The number of hydrogen-bond donors (Lipinski definition) is 1. The summed E-state index contributed by atoms with van der Waals surface area (Å²) < 4.78 is 25.0. The lowest BCUT2D eigenvalue weighted by Gasteiger charge is -2.06. The van der Waals surface area contributed by atoms with Crippen molar-refractivity contribution >= 4 is 11.1 Å². The highest BCUT2D eigenvalue weighted by molar-refractivity contribution is 7.78. The molecule has 1 radical (unpaired) electrons. The Kier molecular flexibility index (Phi) is 4.12. The van der Waals surface area contributed by atoms with Crippen LogP contribution in [-0.4, -0.2) is 8.76 Å². The molecule has 0 aromatic heterocycles. The minimum absolute atomic E-state index is 0.135. The van der Waals surface area contributed by atoms with Crippen molar-refractivity contribution in [2.45, 2.75) is 5.75 Å². The van der Waals surface area contributed by atoms with Crippen molar-refractivity contribution in [2.75, 3.05) is 0 Å². The maximum atomic E-state index is 10.7. The second-order valence-corrected chi connectivity index (χ2v) is 4.79. The zero-order valence-corrected chi connectivity index (χ0v) is 10.5. The van der Waals surface area contributed by atoms with Gasteiger partial charge in [0.05, 0.1) is 5.75 Å². The molecule has 2 aromatic carbocycles. The normalized spacial score (nSPS) is 12.1. The van der Waals surface area contributed by atoms with Crippen molar-refractivity contribution in [3.63, 3.8) is 0 Å². The smallest absolute Gasteiger partial charge is 0.157 e. The molecule has 2 rings (SSSR count). The van der Waals surface area contributed by atoms with Crippen LogP contribution < -0.4 is 4.74 Å². The van der Waals surface area contributed by atoms with E-state index in [1.165, 1.54) is 0 Å². The van der Waals surface area contributed by atoms with Gasteiger partial charge < -0.3 is 9.29 Å². The maximum absolute atomic E-state index is 10.7. The van der Waals surface area contributed by atoms with E-state index in [4.69, 9.17) is 9.29 Å². The number of rotatable bonds is 4. The lowest BCUT2D eigenvalue weighted by molar-refractivity contribution is 0.482. The zero-order valence-electron chi connectivity index (χ0n) is 9.70. The first-order chi connectivity index (χ1) is 8.63. The van der Waals surface area contributed by atoms with Crippen molar-refractivity contribution < 1.29 is 13.5 Å². The van der Waals surface area contributed by atoms with Gasteiger partial charge in [0.2, 0.25) is 0 Å². The molecule has 4 heteroatoms. The molecule has 0 saturated carbocycles. The summed E-state index contributed by atoms with van der Waals surface area (Å²) in [5.74, 6) is 1.57. The predicted octanol–water partition coefficient (Wildman–Crippen LogP) is 3.38. The predicted molar refractivity (Wildman–Crippen MR) is 71.9 cm³/mol. The summed E-state index contributed by atoms with van der Waals surface area (Å²) in [6.07, 6.45) is 0. The van der Waals surface area contributed by atoms with Gasteiger partial charge in [-0.3, -0.25) is 0 Å². The third-order valence-corrected chi connectivity index (χ3v) is 2.95. The summed E-state index contributed by atoms with van der Waals surface area (Å²) in [5.41, 5.74) is 1.74. The average molecular weight is 261 g/mol. The first-order valence-electron chi connectivity index (χ1n) is 5.40. The third-order valence-electron chi connectivity index (χ3n) is 2.37. The van der Waals surface area contributed by atoms with Gasteiger partial charge in [0, 0.05) is 0 Å². The van der Waals surface area contributed by atoms with E-state index in [1.54, 1.807) is 24.3 Å². The molecule has 1 atom stereocenters. The van der Waals surface area contributed by atoms with Crippen LogP contribution in [0.3, 0.4) is 0 Å². The molecular formula is C14H13O3S. The van der Waals surface area contributed by atoms with Gasteiger partial charge in [-0.25, -0.2) is 4.21 Å². The fraction of sp³-hybridized carbons (Fsp3) is 0.0714. The Balaban J connectivity index is 2.06. The summed E-state index contributed by atoms with van der Waals surface area (Å²) in [6, 6.07) is 14.5. The first kappa shape index (κ1) is 12.8. The summed E-state index contributed by atoms with van der Waals surface area (Å²) in [5, 5.41) is 0. The number of hydrogen-bond acceptors (Lipinski definition) is 2. The largest absolute Gasteiger partial charge is 0.457 e. The van der Waals surface area contributed by atoms with E-state index >= 15 is 0 Å². The fourth-order valence-electron chi connectivity index (χ4n) is 1.49. The molecule has 0 fully saturated rings. The van der Waals surface area contributed by atoms with Gasteiger partial charge >= 0.3 is 0 Å². The molecule has 0 saturated heterocycles. The van der Waals surface area contributed by atoms with Crippen LogP contribution in [0.15, 0.2) is 48.5 Å². The van der Waals surface area contributed by atoms with Gasteiger partial charge in [-0.1, -0.05) is 24.3 Å². The van der Waals surface area contributed by atoms with E-state index in [1.807, 2.05) is 24.3 Å². The standard InChI is InChI=1S/C14H13O3S/c1-11-2-6-13(7-3-11)17-14-8-4-12(5-9-14)10-18(15)16/h2-9H,1,10H2,(H,15,16). The van der Waals surface area contributed by atoms with Crippen molar-refractivity contribution in [3.05, 3.63) is 66.6 Å². The molecule has 1 unspecified atom stereocenters. The highest BCUT2D eigenvalue weighted by atomic mass is 32.2. The third kappa shape index (κ3) is 3.68. The van der Waals surface area contributed by atoms with Crippen LogP contribution in [0.1, 0.15) is 11.1 Å². The monoisotopic (exact) mass is 261 g/mol. The van der Waals surface area contributed by atoms with E-state index in [0.717, 1.165) is 16.9 Å². The summed E-state index contributed by atoms with van der Waals surface area (Å²) in [7, 11) is 0. The Morgan fingerprint density at radius 1 is 1.00 bits per heavy atom. The van der Waals surface area contributed by atoms with Gasteiger partial charge in [0.25, 0.3) is 0 Å². The lowest BCUT2D eigenvalue weighted by Crippen LogP contribution is -1.92. The van der Waals surface area contributed by atoms with Crippen molar-refractivity contribution in [1.29, 1.82) is 0 Å². The summed E-state index contributed by atoms with van der Waals surface area (Å²) in [4.78, 5) is 0. The van der Waals surface area contributed by atoms with Gasteiger partial charge in [0.15, 0.2) is 11.1 Å². The van der Waals surface area contributed by atoms with Crippen LogP contribution >= 0.6 is 0 Å². The Hall–Kier alpha value is -1.65. The highest BCUT2D eigenvalue weighted by Gasteiger charge is 2.00. The topological polar surface area (TPSA) is 46.5 Å². The van der Waals surface area contributed by atoms with Gasteiger partial charge in [0.1, 0.15) is 11.5 Å².